The van der Waals surface area contributed by atoms with Gasteiger partial charge in [0.1, 0.15) is 6.04 Å². The van der Waals surface area contributed by atoms with Gasteiger partial charge in [-0.2, -0.15) is 0 Å². The number of nitrogens with one attached hydrogen (secondary N) is 1. The van der Waals surface area contributed by atoms with Crippen molar-refractivity contribution in [1.29, 1.82) is 0 Å². The fraction of sp³-hybridized carbons (Fsp3) is 0.357. The number of hydrogen-bond donors (Lipinski definition) is 1. The van der Waals surface area contributed by atoms with Gasteiger partial charge in [0.15, 0.2) is 9.84 Å². The van der Waals surface area contributed by atoms with Crippen LogP contribution >= 0.6 is 11.6 Å². The summed E-state index contributed by atoms with van der Waals surface area (Å²) in [4.78, 5) is 37.0. The third kappa shape index (κ3) is 2.72. The molecule has 0 aliphatic carbocycles. The van der Waals surface area contributed by atoms with E-state index >= 15 is 0 Å². The minimum atomic E-state index is -3.46. The number of rotatable bonds is 2. The van der Waals surface area contributed by atoms with E-state index in [4.69, 9.17) is 11.6 Å². The highest BCUT2D eigenvalue weighted by Gasteiger charge is 2.40. The first-order chi connectivity index (χ1) is 10.7. The van der Waals surface area contributed by atoms with Gasteiger partial charge in [0.2, 0.25) is 11.8 Å². The van der Waals surface area contributed by atoms with Crippen molar-refractivity contribution in [2.75, 3.05) is 6.26 Å². The van der Waals surface area contributed by atoms with Crippen molar-refractivity contribution >= 4 is 39.2 Å². The highest BCUT2D eigenvalue weighted by atomic mass is 35.5. The first-order valence-electron chi connectivity index (χ1n) is 6.85. The molecule has 3 amide bonds. The lowest BCUT2D eigenvalue weighted by Crippen LogP contribution is -2.52. The average Bonchev–Trinajstić information content (AvgIpc) is 2.75. The Labute approximate surface area is 137 Å². The van der Waals surface area contributed by atoms with E-state index in [0.717, 1.165) is 6.26 Å². The number of benzene rings is 1. The van der Waals surface area contributed by atoms with Crippen LogP contribution in [-0.2, 0) is 26.0 Å². The lowest BCUT2D eigenvalue weighted by atomic mass is 10.0. The van der Waals surface area contributed by atoms with Crippen LogP contribution in [0.2, 0.25) is 5.02 Å². The van der Waals surface area contributed by atoms with Crippen LogP contribution < -0.4 is 5.32 Å². The second kappa shape index (κ2) is 5.31. The van der Waals surface area contributed by atoms with E-state index in [1.54, 1.807) is 0 Å². The molecule has 9 heteroatoms. The van der Waals surface area contributed by atoms with Crippen LogP contribution in [0.25, 0.3) is 0 Å². The first-order valence-corrected chi connectivity index (χ1v) is 9.12. The molecule has 7 nitrogen and oxygen atoms in total. The van der Waals surface area contributed by atoms with E-state index in [-0.39, 0.29) is 40.8 Å². The zero-order valence-electron chi connectivity index (χ0n) is 12.1. The predicted octanol–water partition coefficient (Wildman–Crippen LogP) is 0.504. The summed E-state index contributed by atoms with van der Waals surface area (Å²) in [6, 6.07) is 1.88. The number of halogens is 1. The van der Waals surface area contributed by atoms with Crippen molar-refractivity contribution in [2.45, 2.75) is 30.3 Å². The molecule has 3 rings (SSSR count). The molecule has 2 aliphatic rings. The number of nitrogens with zero attached hydrogens (tertiary/aromatic N) is 1. The Morgan fingerprint density at radius 3 is 2.57 bits per heavy atom. The number of hydrogen-bond acceptors (Lipinski definition) is 5. The van der Waals surface area contributed by atoms with Crippen molar-refractivity contribution in [3.05, 3.63) is 28.3 Å². The SMILES string of the molecule is CS(=O)(=O)c1cc(Cl)c2c(c1)CN(C1CCC(=O)NC1=O)C2=O. The van der Waals surface area contributed by atoms with Crippen molar-refractivity contribution in [3.8, 4) is 0 Å². The summed E-state index contributed by atoms with van der Waals surface area (Å²) in [5, 5.41) is 2.25. The minimum absolute atomic E-state index is 0.0270. The van der Waals surface area contributed by atoms with E-state index < -0.39 is 27.7 Å². The molecule has 1 atom stereocenters. The fourth-order valence-electron chi connectivity index (χ4n) is 2.84. The number of sulfone groups is 1. The summed E-state index contributed by atoms with van der Waals surface area (Å²) >= 11 is 6.07. The topological polar surface area (TPSA) is 101 Å². The number of fused-ring (bicyclic) bond motifs is 1. The Hall–Kier alpha value is -1.93. The summed E-state index contributed by atoms with van der Waals surface area (Å²) in [5.74, 6) is -1.32. The van der Waals surface area contributed by atoms with Gasteiger partial charge in [0.25, 0.3) is 5.91 Å². The summed E-state index contributed by atoms with van der Waals surface area (Å²) in [6.45, 7) is 0.0868. The van der Waals surface area contributed by atoms with Crippen LogP contribution in [0.1, 0.15) is 28.8 Å². The minimum Gasteiger partial charge on any atom is -0.322 e. The standard InChI is InChI=1S/C14H13ClN2O5S/c1-23(21,22)8-4-7-6-17(14(20)12(7)9(15)5-8)10-2-3-11(18)16-13(10)19/h4-5,10H,2-3,6H2,1H3,(H,16,18,19). The van der Waals surface area contributed by atoms with Crippen molar-refractivity contribution in [1.82, 2.24) is 10.2 Å². The molecule has 0 aromatic heterocycles. The Balaban J connectivity index is 1.98. The second-order valence-electron chi connectivity index (χ2n) is 5.61. The molecule has 1 N–H and O–H groups in total. The molecule has 0 radical (unpaired) electrons. The van der Waals surface area contributed by atoms with E-state index in [9.17, 15) is 22.8 Å². The maximum Gasteiger partial charge on any atom is 0.256 e. The molecule has 1 aromatic rings. The highest BCUT2D eigenvalue weighted by molar-refractivity contribution is 7.90. The third-order valence-corrected chi connectivity index (χ3v) is 5.37. The Morgan fingerprint density at radius 1 is 1.26 bits per heavy atom. The smallest absolute Gasteiger partial charge is 0.256 e. The third-order valence-electron chi connectivity index (χ3n) is 3.98. The summed E-state index contributed by atoms with van der Waals surface area (Å²) in [5.41, 5.74) is 0.677. The number of carbonyl (C=O) groups is 3. The molecule has 1 saturated heterocycles. The van der Waals surface area contributed by atoms with Crippen LogP contribution in [0.5, 0.6) is 0 Å². The lowest BCUT2D eigenvalue weighted by molar-refractivity contribution is -0.136. The van der Waals surface area contributed by atoms with E-state index in [1.807, 2.05) is 0 Å². The van der Waals surface area contributed by atoms with Crippen LogP contribution in [0, 0.1) is 0 Å². The largest absolute Gasteiger partial charge is 0.322 e. The number of imide groups is 1. The normalized spacial score (nSPS) is 21.4. The number of amides is 3. The molecular weight excluding hydrogens is 344 g/mol. The van der Waals surface area contributed by atoms with Gasteiger partial charge >= 0.3 is 0 Å². The molecular formula is C14H13ClN2O5S. The van der Waals surface area contributed by atoms with Crippen molar-refractivity contribution in [2.24, 2.45) is 0 Å². The van der Waals surface area contributed by atoms with E-state index in [2.05, 4.69) is 5.32 Å². The summed E-state index contributed by atoms with van der Waals surface area (Å²) in [7, 11) is -3.46. The maximum atomic E-state index is 12.5. The van der Waals surface area contributed by atoms with Crippen LogP contribution in [-0.4, -0.2) is 43.3 Å². The highest BCUT2D eigenvalue weighted by Crippen LogP contribution is 2.34. The Morgan fingerprint density at radius 2 is 1.96 bits per heavy atom. The Kier molecular flexibility index (Phi) is 3.68. The quantitative estimate of drug-likeness (QED) is 0.778. The van der Waals surface area contributed by atoms with E-state index in [0.29, 0.717) is 5.56 Å². The molecule has 2 aliphatic heterocycles. The lowest BCUT2D eigenvalue weighted by Gasteiger charge is -2.29. The molecule has 1 unspecified atom stereocenters. The van der Waals surface area contributed by atoms with Gasteiger partial charge in [-0.3, -0.25) is 19.7 Å². The van der Waals surface area contributed by atoms with Crippen molar-refractivity contribution in [3.63, 3.8) is 0 Å². The van der Waals surface area contributed by atoms with Crippen LogP contribution in [0.3, 0.4) is 0 Å². The van der Waals surface area contributed by atoms with Gasteiger partial charge in [-0.1, -0.05) is 11.6 Å². The molecule has 0 saturated carbocycles. The Bertz CT molecular complexity index is 849. The average molecular weight is 357 g/mol. The summed E-state index contributed by atoms with van der Waals surface area (Å²) < 4.78 is 23.4. The van der Waals surface area contributed by atoms with Gasteiger partial charge in [-0.15, -0.1) is 0 Å². The molecule has 2 heterocycles. The first kappa shape index (κ1) is 15.9. The fourth-order valence-corrected chi connectivity index (χ4v) is 3.92. The number of piperidine rings is 1. The van der Waals surface area contributed by atoms with E-state index in [1.165, 1.54) is 17.0 Å². The van der Waals surface area contributed by atoms with Crippen molar-refractivity contribution < 1.29 is 22.8 Å². The van der Waals surface area contributed by atoms with Gasteiger partial charge in [-0.25, -0.2) is 8.42 Å². The molecule has 0 spiro atoms. The monoisotopic (exact) mass is 356 g/mol. The predicted molar refractivity (Wildman–Crippen MR) is 80.6 cm³/mol. The van der Waals surface area contributed by atoms with Crippen LogP contribution in [0.4, 0.5) is 0 Å². The molecule has 1 fully saturated rings. The van der Waals surface area contributed by atoms with Gasteiger partial charge < -0.3 is 4.90 Å². The molecule has 122 valence electrons. The van der Waals surface area contributed by atoms with Crippen LogP contribution in [0.15, 0.2) is 17.0 Å². The molecule has 0 bridgehead atoms. The van der Waals surface area contributed by atoms with Gasteiger partial charge in [-0.05, 0) is 24.1 Å². The van der Waals surface area contributed by atoms with Gasteiger partial charge in [0.05, 0.1) is 15.5 Å². The number of carbonyl (C=O) groups excluding carboxylic acids is 3. The summed E-state index contributed by atoms with van der Waals surface area (Å²) in [6.07, 6.45) is 1.44. The second-order valence-corrected chi connectivity index (χ2v) is 8.03. The zero-order chi connectivity index (χ0) is 16.9. The zero-order valence-corrected chi connectivity index (χ0v) is 13.7. The molecule has 1 aromatic carbocycles. The van der Waals surface area contributed by atoms with Gasteiger partial charge in [0, 0.05) is 19.2 Å². The molecule has 23 heavy (non-hydrogen) atoms. The maximum absolute atomic E-state index is 12.5.